The van der Waals surface area contributed by atoms with Crippen LogP contribution < -0.4 is 10.6 Å². The summed E-state index contributed by atoms with van der Waals surface area (Å²) in [5, 5.41) is 15.4. The zero-order valence-electron chi connectivity index (χ0n) is 19.2. The number of amides is 1. The summed E-state index contributed by atoms with van der Waals surface area (Å²) in [4.78, 5) is 18.6. The molecule has 1 saturated carbocycles. The van der Waals surface area contributed by atoms with Crippen LogP contribution in [0.15, 0.2) is 29.3 Å². The van der Waals surface area contributed by atoms with Gasteiger partial charge in [-0.1, -0.05) is 31.4 Å². The van der Waals surface area contributed by atoms with Crippen molar-refractivity contribution in [3.63, 3.8) is 0 Å². The van der Waals surface area contributed by atoms with Gasteiger partial charge in [-0.3, -0.25) is 4.79 Å². The summed E-state index contributed by atoms with van der Waals surface area (Å²) in [7, 11) is 5.51. The van der Waals surface area contributed by atoms with E-state index in [0.717, 1.165) is 41.7 Å². The van der Waals surface area contributed by atoms with Crippen LogP contribution in [0.3, 0.4) is 0 Å². The standard InChI is InChI=1S/C23H35N7O/c1-17-27-28-21(30(17)4)16-25-23(26-20-11-6-5-7-12-20)24-14-13-18-9-8-10-19(15-18)22(31)29(2)3/h8-10,15,20H,5-7,11-14,16H2,1-4H3,(H2,24,25,26). The van der Waals surface area contributed by atoms with Crippen LogP contribution in [0.4, 0.5) is 0 Å². The number of hydrogen-bond donors (Lipinski definition) is 2. The number of hydrogen-bond acceptors (Lipinski definition) is 4. The molecule has 0 saturated heterocycles. The Kier molecular flexibility index (Phi) is 8.03. The third-order valence-electron chi connectivity index (χ3n) is 5.79. The molecule has 0 bridgehead atoms. The molecule has 0 radical (unpaired) electrons. The van der Waals surface area contributed by atoms with Gasteiger partial charge in [-0.25, -0.2) is 4.99 Å². The van der Waals surface area contributed by atoms with E-state index in [9.17, 15) is 4.79 Å². The number of benzene rings is 1. The third kappa shape index (κ3) is 6.54. The molecule has 1 aromatic heterocycles. The molecule has 31 heavy (non-hydrogen) atoms. The Labute approximate surface area is 185 Å². The first-order valence-electron chi connectivity index (χ1n) is 11.1. The predicted octanol–water partition coefficient (Wildman–Crippen LogP) is 2.44. The van der Waals surface area contributed by atoms with E-state index in [0.29, 0.717) is 12.6 Å². The molecule has 0 atom stereocenters. The quantitative estimate of drug-likeness (QED) is 0.526. The second-order valence-electron chi connectivity index (χ2n) is 8.44. The molecule has 1 aliphatic carbocycles. The summed E-state index contributed by atoms with van der Waals surface area (Å²) in [6.07, 6.45) is 7.01. The lowest BCUT2D eigenvalue weighted by Gasteiger charge is -2.25. The maximum Gasteiger partial charge on any atom is 0.253 e. The fraction of sp³-hybridized carbons (Fsp3) is 0.565. The van der Waals surface area contributed by atoms with Crippen LogP contribution in [0, 0.1) is 6.92 Å². The van der Waals surface area contributed by atoms with Crippen molar-refractivity contribution in [2.45, 2.75) is 58.0 Å². The van der Waals surface area contributed by atoms with Crippen LogP contribution in [0.1, 0.15) is 59.7 Å². The number of rotatable bonds is 7. The minimum atomic E-state index is 0.0231. The molecule has 1 fully saturated rings. The lowest BCUT2D eigenvalue weighted by Crippen LogP contribution is -2.44. The first-order valence-corrected chi connectivity index (χ1v) is 11.1. The van der Waals surface area contributed by atoms with Crippen molar-refractivity contribution in [3.8, 4) is 0 Å². The predicted molar refractivity (Wildman–Crippen MR) is 123 cm³/mol. The first kappa shape index (κ1) is 22.8. The van der Waals surface area contributed by atoms with Crippen LogP contribution in [0.2, 0.25) is 0 Å². The molecule has 2 aromatic rings. The molecule has 168 valence electrons. The molecular formula is C23H35N7O. The van der Waals surface area contributed by atoms with Gasteiger partial charge in [0.05, 0.1) is 0 Å². The Hall–Kier alpha value is -2.90. The molecule has 1 aliphatic rings. The minimum Gasteiger partial charge on any atom is -0.356 e. The second kappa shape index (κ2) is 10.9. The molecule has 3 rings (SSSR count). The van der Waals surface area contributed by atoms with E-state index in [1.165, 1.54) is 32.1 Å². The zero-order valence-corrected chi connectivity index (χ0v) is 19.2. The summed E-state index contributed by atoms with van der Waals surface area (Å²) in [5.74, 6) is 2.56. The highest BCUT2D eigenvalue weighted by atomic mass is 16.2. The van der Waals surface area contributed by atoms with Crippen molar-refractivity contribution >= 4 is 11.9 Å². The van der Waals surface area contributed by atoms with E-state index in [1.807, 2.05) is 36.7 Å². The number of guanidine groups is 1. The van der Waals surface area contributed by atoms with Crippen molar-refractivity contribution < 1.29 is 4.79 Å². The highest BCUT2D eigenvalue weighted by Crippen LogP contribution is 2.17. The molecular weight excluding hydrogens is 390 g/mol. The lowest BCUT2D eigenvalue weighted by atomic mass is 9.96. The van der Waals surface area contributed by atoms with Crippen LogP contribution in [-0.4, -0.2) is 58.2 Å². The molecule has 1 amide bonds. The molecule has 2 N–H and O–H groups in total. The van der Waals surface area contributed by atoms with E-state index >= 15 is 0 Å². The molecule has 0 aliphatic heterocycles. The summed E-state index contributed by atoms with van der Waals surface area (Å²) in [6, 6.07) is 8.29. The normalized spacial score (nSPS) is 15.0. The van der Waals surface area contributed by atoms with Gasteiger partial charge in [0.25, 0.3) is 5.91 Å². The Balaban J connectivity index is 1.62. The summed E-state index contributed by atoms with van der Waals surface area (Å²) in [6.45, 7) is 3.15. The van der Waals surface area contributed by atoms with Crippen molar-refractivity contribution in [2.24, 2.45) is 12.0 Å². The van der Waals surface area contributed by atoms with E-state index < -0.39 is 0 Å². The number of nitrogens with one attached hydrogen (secondary N) is 2. The van der Waals surface area contributed by atoms with Gasteiger partial charge in [-0.05, 0) is 43.9 Å². The average Bonchev–Trinajstić information content (AvgIpc) is 3.10. The maximum atomic E-state index is 12.2. The molecule has 0 unspecified atom stereocenters. The number of carbonyl (C=O) groups excluding carboxylic acids is 1. The van der Waals surface area contributed by atoms with Crippen molar-refractivity contribution in [1.29, 1.82) is 0 Å². The average molecular weight is 426 g/mol. The van der Waals surface area contributed by atoms with Crippen molar-refractivity contribution in [2.75, 3.05) is 20.6 Å². The van der Waals surface area contributed by atoms with Gasteiger partial charge in [-0.15, -0.1) is 10.2 Å². The second-order valence-corrected chi connectivity index (χ2v) is 8.44. The van der Waals surface area contributed by atoms with Crippen LogP contribution >= 0.6 is 0 Å². The number of aliphatic imine (C=N–C) groups is 1. The van der Waals surface area contributed by atoms with E-state index in [-0.39, 0.29) is 5.91 Å². The van der Waals surface area contributed by atoms with Gasteiger partial charge in [0.2, 0.25) is 0 Å². The van der Waals surface area contributed by atoms with Crippen molar-refractivity contribution in [3.05, 3.63) is 47.0 Å². The third-order valence-corrected chi connectivity index (χ3v) is 5.79. The SMILES string of the molecule is Cc1nnc(CN=C(NCCc2cccc(C(=O)N(C)C)c2)NC2CCCCC2)n1C. The van der Waals surface area contributed by atoms with Crippen molar-refractivity contribution in [1.82, 2.24) is 30.3 Å². The number of aryl methyl sites for hydroxylation is 1. The van der Waals surface area contributed by atoms with Gasteiger partial charge in [0, 0.05) is 39.3 Å². The fourth-order valence-corrected chi connectivity index (χ4v) is 3.77. The fourth-order valence-electron chi connectivity index (χ4n) is 3.77. The Morgan fingerprint density at radius 1 is 1.23 bits per heavy atom. The van der Waals surface area contributed by atoms with Gasteiger partial charge in [0.15, 0.2) is 11.8 Å². The smallest absolute Gasteiger partial charge is 0.253 e. The lowest BCUT2D eigenvalue weighted by molar-refractivity contribution is 0.0827. The largest absolute Gasteiger partial charge is 0.356 e. The Bertz CT molecular complexity index is 897. The molecule has 8 nitrogen and oxygen atoms in total. The molecule has 0 spiro atoms. The molecule has 8 heteroatoms. The van der Waals surface area contributed by atoms with Gasteiger partial charge < -0.3 is 20.1 Å². The summed E-state index contributed by atoms with van der Waals surface area (Å²) in [5.41, 5.74) is 1.84. The number of aromatic nitrogens is 3. The van der Waals surface area contributed by atoms with Gasteiger partial charge in [-0.2, -0.15) is 0 Å². The molecule has 1 aromatic carbocycles. The maximum absolute atomic E-state index is 12.2. The highest BCUT2D eigenvalue weighted by Gasteiger charge is 2.15. The number of nitrogens with zero attached hydrogens (tertiary/aromatic N) is 5. The minimum absolute atomic E-state index is 0.0231. The van der Waals surface area contributed by atoms with Gasteiger partial charge >= 0.3 is 0 Å². The monoisotopic (exact) mass is 425 g/mol. The Morgan fingerprint density at radius 3 is 2.68 bits per heavy atom. The van der Waals surface area contributed by atoms with Crippen LogP contribution in [-0.2, 0) is 20.0 Å². The number of carbonyl (C=O) groups is 1. The zero-order chi connectivity index (χ0) is 22.2. The van der Waals surface area contributed by atoms with E-state index in [4.69, 9.17) is 4.99 Å². The van der Waals surface area contributed by atoms with Crippen LogP contribution in [0.5, 0.6) is 0 Å². The van der Waals surface area contributed by atoms with Gasteiger partial charge in [0.1, 0.15) is 12.4 Å². The highest BCUT2D eigenvalue weighted by molar-refractivity contribution is 5.94. The summed E-state index contributed by atoms with van der Waals surface area (Å²) < 4.78 is 1.97. The summed E-state index contributed by atoms with van der Waals surface area (Å²) >= 11 is 0. The van der Waals surface area contributed by atoms with E-state index in [2.05, 4.69) is 26.9 Å². The Morgan fingerprint density at radius 2 is 2.00 bits per heavy atom. The molecule has 1 heterocycles. The first-order chi connectivity index (χ1) is 14.9. The topological polar surface area (TPSA) is 87.4 Å². The van der Waals surface area contributed by atoms with Crippen LogP contribution in [0.25, 0.3) is 0 Å². The van der Waals surface area contributed by atoms with E-state index in [1.54, 1.807) is 19.0 Å².